The number of likely N-dealkylation sites (tertiary alicyclic amines) is 1. The van der Waals surface area contributed by atoms with E-state index in [1.807, 2.05) is 0 Å². The average molecular weight is 283 g/mol. The Morgan fingerprint density at radius 3 is 2.74 bits per heavy atom. The molecule has 0 bridgehead atoms. The van der Waals surface area contributed by atoms with E-state index in [0.717, 1.165) is 0 Å². The highest BCUT2D eigenvalue weighted by Gasteiger charge is 2.28. The zero-order chi connectivity index (χ0) is 14.0. The van der Waals surface area contributed by atoms with E-state index in [-0.39, 0.29) is 12.5 Å². The maximum Gasteiger partial charge on any atom is 0.308 e. The first-order valence-corrected chi connectivity index (χ1v) is 6.43. The monoisotopic (exact) mass is 282 g/mol. The van der Waals surface area contributed by atoms with Crippen LogP contribution >= 0.6 is 11.6 Å². The molecule has 0 aromatic heterocycles. The molecule has 1 aromatic rings. The summed E-state index contributed by atoms with van der Waals surface area (Å²) in [5, 5.41) is 9.42. The predicted molar refractivity (Wildman–Crippen MR) is 72.1 cm³/mol. The van der Waals surface area contributed by atoms with E-state index in [9.17, 15) is 9.59 Å². The lowest BCUT2D eigenvalue weighted by Gasteiger charge is -2.30. The largest absolute Gasteiger partial charge is 0.481 e. The molecule has 5 nitrogen and oxygen atoms in total. The van der Waals surface area contributed by atoms with Crippen molar-refractivity contribution in [3.8, 4) is 0 Å². The van der Waals surface area contributed by atoms with Gasteiger partial charge in [0.25, 0.3) is 5.91 Å². The topological polar surface area (TPSA) is 83.6 Å². The van der Waals surface area contributed by atoms with E-state index in [4.69, 9.17) is 22.4 Å². The summed E-state index contributed by atoms with van der Waals surface area (Å²) in [6.45, 7) is 0.801. The van der Waals surface area contributed by atoms with Crippen LogP contribution in [0.3, 0.4) is 0 Å². The molecule has 1 aliphatic heterocycles. The number of carboxylic acid groups (broad SMARTS) is 1. The van der Waals surface area contributed by atoms with Crippen LogP contribution in [0, 0.1) is 5.92 Å². The minimum Gasteiger partial charge on any atom is -0.481 e. The second-order valence-electron chi connectivity index (χ2n) is 4.70. The summed E-state index contributed by atoms with van der Waals surface area (Å²) < 4.78 is 0. The van der Waals surface area contributed by atoms with E-state index < -0.39 is 11.9 Å². The lowest BCUT2D eigenvalue weighted by molar-refractivity contribution is -0.143. The molecule has 1 fully saturated rings. The molecule has 2 rings (SSSR count). The number of carboxylic acids is 1. The second-order valence-corrected chi connectivity index (χ2v) is 5.14. The third-order valence-electron chi connectivity index (χ3n) is 3.22. The normalized spacial score (nSPS) is 19.2. The van der Waals surface area contributed by atoms with Crippen LogP contribution in [-0.4, -0.2) is 35.0 Å². The average Bonchev–Trinajstić information content (AvgIpc) is 2.37. The number of amides is 1. The van der Waals surface area contributed by atoms with Crippen LogP contribution in [-0.2, 0) is 4.79 Å². The molecular formula is C13H15ClN2O3. The number of carbonyl (C=O) groups excluding carboxylic acids is 1. The third kappa shape index (κ3) is 3.17. The number of carbonyl (C=O) groups is 2. The maximum atomic E-state index is 12.3. The number of nitrogens with two attached hydrogens (primary N) is 1. The number of nitrogen functional groups attached to an aromatic ring is 1. The standard InChI is InChI=1S/C13H15ClN2O3/c14-10-4-9(5-11(15)6-10)12(17)16-3-1-2-8(7-16)13(18)19/h4-6,8H,1-3,7,15H2,(H,18,19)/t8-/m0/s1. The van der Waals surface area contributed by atoms with Gasteiger partial charge in [-0.25, -0.2) is 0 Å². The van der Waals surface area contributed by atoms with Crippen LogP contribution in [0.15, 0.2) is 18.2 Å². The quantitative estimate of drug-likeness (QED) is 0.811. The van der Waals surface area contributed by atoms with Gasteiger partial charge in [-0.15, -0.1) is 0 Å². The van der Waals surface area contributed by atoms with Crippen LogP contribution < -0.4 is 5.73 Å². The van der Waals surface area contributed by atoms with Gasteiger partial charge in [0, 0.05) is 29.4 Å². The van der Waals surface area contributed by atoms with Crippen LogP contribution in [0.5, 0.6) is 0 Å². The van der Waals surface area contributed by atoms with E-state index in [1.54, 1.807) is 23.1 Å². The number of benzene rings is 1. The summed E-state index contributed by atoms with van der Waals surface area (Å²) in [6, 6.07) is 4.66. The van der Waals surface area contributed by atoms with Crippen LogP contribution in [0.4, 0.5) is 5.69 Å². The molecule has 19 heavy (non-hydrogen) atoms. The van der Waals surface area contributed by atoms with Crippen LogP contribution in [0.25, 0.3) is 0 Å². The molecule has 102 valence electrons. The number of piperidine rings is 1. The van der Waals surface area contributed by atoms with Gasteiger partial charge in [0.05, 0.1) is 5.92 Å². The zero-order valence-electron chi connectivity index (χ0n) is 10.3. The molecule has 1 aromatic carbocycles. The zero-order valence-corrected chi connectivity index (χ0v) is 11.1. The van der Waals surface area contributed by atoms with Crippen LogP contribution in [0.1, 0.15) is 23.2 Å². The second kappa shape index (κ2) is 5.48. The Morgan fingerprint density at radius 1 is 1.37 bits per heavy atom. The number of rotatable bonds is 2. The molecule has 3 N–H and O–H groups in total. The van der Waals surface area contributed by atoms with Crippen LogP contribution in [0.2, 0.25) is 5.02 Å². The Bertz CT molecular complexity index is 498. The molecule has 0 spiro atoms. The van der Waals surface area contributed by atoms with Crippen molar-refractivity contribution in [3.05, 3.63) is 28.8 Å². The smallest absolute Gasteiger partial charge is 0.308 e. The molecular weight excluding hydrogens is 268 g/mol. The summed E-state index contributed by atoms with van der Waals surface area (Å²) in [5.41, 5.74) is 6.47. The van der Waals surface area contributed by atoms with Crippen molar-refractivity contribution in [3.63, 3.8) is 0 Å². The number of nitrogens with zero attached hydrogens (tertiary/aromatic N) is 1. The van der Waals surface area contributed by atoms with Crippen molar-refractivity contribution in [2.24, 2.45) is 5.92 Å². The van der Waals surface area contributed by atoms with E-state index in [1.165, 1.54) is 0 Å². The number of halogens is 1. The van der Waals surface area contributed by atoms with Gasteiger partial charge >= 0.3 is 5.97 Å². The van der Waals surface area contributed by atoms with Crippen molar-refractivity contribution < 1.29 is 14.7 Å². The maximum absolute atomic E-state index is 12.3. The van der Waals surface area contributed by atoms with Gasteiger partial charge < -0.3 is 15.7 Å². The number of hydrogen-bond donors (Lipinski definition) is 2. The van der Waals surface area contributed by atoms with Gasteiger partial charge in [-0.2, -0.15) is 0 Å². The highest BCUT2D eigenvalue weighted by molar-refractivity contribution is 6.31. The van der Waals surface area contributed by atoms with E-state index >= 15 is 0 Å². The number of aliphatic carboxylic acids is 1. The number of anilines is 1. The van der Waals surface area contributed by atoms with E-state index in [2.05, 4.69) is 0 Å². The molecule has 1 saturated heterocycles. The summed E-state index contributed by atoms with van der Waals surface area (Å²) in [4.78, 5) is 24.8. The minimum absolute atomic E-state index is 0.222. The Labute approximate surface area is 116 Å². The Morgan fingerprint density at radius 2 is 2.11 bits per heavy atom. The highest BCUT2D eigenvalue weighted by atomic mass is 35.5. The molecule has 1 heterocycles. The van der Waals surface area contributed by atoms with Crippen molar-refractivity contribution in [1.29, 1.82) is 0 Å². The van der Waals surface area contributed by atoms with Crippen molar-refractivity contribution in [2.45, 2.75) is 12.8 Å². The highest BCUT2D eigenvalue weighted by Crippen LogP contribution is 2.22. The molecule has 1 aliphatic rings. The lowest BCUT2D eigenvalue weighted by atomic mass is 9.97. The lowest BCUT2D eigenvalue weighted by Crippen LogP contribution is -2.42. The number of hydrogen-bond acceptors (Lipinski definition) is 3. The van der Waals surface area contributed by atoms with Crippen molar-refractivity contribution >= 4 is 29.2 Å². The summed E-state index contributed by atoms with van der Waals surface area (Å²) in [5.74, 6) is -1.57. The molecule has 0 aliphatic carbocycles. The molecule has 0 unspecified atom stereocenters. The molecule has 6 heteroatoms. The first kappa shape index (κ1) is 13.7. The minimum atomic E-state index is -0.858. The first-order chi connectivity index (χ1) is 8.97. The molecule has 1 amide bonds. The fraction of sp³-hybridized carbons (Fsp3) is 0.385. The fourth-order valence-electron chi connectivity index (χ4n) is 2.28. The SMILES string of the molecule is Nc1cc(Cl)cc(C(=O)N2CCC[C@H](C(=O)O)C2)c1. The predicted octanol–water partition coefficient (Wildman–Crippen LogP) is 1.86. The van der Waals surface area contributed by atoms with Gasteiger partial charge in [-0.05, 0) is 31.0 Å². The fourth-order valence-corrected chi connectivity index (χ4v) is 2.53. The molecule has 0 radical (unpaired) electrons. The van der Waals surface area contributed by atoms with Crippen molar-refractivity contribution in [1.82, 2.24) is 4.90 Å². The Kier molecular flexibility index (Phi) is 3.95. The molecule has 0 saturated carbocycles. The summed E-state index contributed by atoms with van der Waals surface area (Å²) in [7, 11) is 0. The van der Waals surface area contributed by atoms with Gasteiger partial charge in [-0.3, -0.25) is 9.59 Å². The summed E-state index contributed by atoms with van der Waals surface area (Å²) in [6.07, 6.45) is 1.30. The van der Waals surface area contributed by atoms with Gasteiger partial charge in [0.1, 0.15) is 0 Å². The molecule has 1 atom stereocenters. The Balaban J connectivity index is 2.16. The van der Waals surface area contributed by atoms with Gasteiger partial charge in [0.2, 0.25) is 0 Å². The summed E-state index contributed by atoms with van der Waals surface area (Å²) >= 11 is 5.87. The Hall–Kier alpha value is -1.75. The van der Waals surface area contributed by atoms with Gasteiger partial charge in [0.15, 0.2) is 0 Å². The third-order valence-corrected chi connectivity index (χ3v) is 3.44. The van der Waals surface area contributed by atoms with E-state index in [0.29, 0.717) is 35.7 Å². The van der Waals surface area contributed by atoms with Crippen molar-refractivity contribution in [2.75, 3.05) is 18.8 Å². The first-order valence-electron chi connectivity index (χ1n) is 6.05. The van der Waals surface area contributed by atoms with Gasteiger partial charge in [-0.1, -0.05) is 11.6 Å².